The van der Waals surface area contributed by atoms with Gasteiger partial charge in [0.25, 0.3) is 0 Å². The Morgan fingerprint density at radius 3 is 2.71 bits per heavy atom. The van der Waals surface area contributed by atoms with Gasteiger partial charge < -0.3 is 4.42 Å². The van der Waals surface area contributed by atoms with Crippen LogP contribution in [-0.4, -0.2) is 23.5 Å². The van der Waals surface area contributed by atoms with Crippen molar-refractivity contribution in [2.24, 2.45) is 0 Å². The van der Waals surface area contributed by atoms with Gasteiger partial charge in [0.1, 0.15) is 5.76 Å². The van der Waals surface area contributed by atoms with Crippen LogP contribution in [0.5, 0.6) is 0 Å². The second-order valence-electron chi connectivity index (χ2n) is 3.40. The molecular weight excluding hydrogens is 178 g/mol. The van der Waals surface area contributed by atoms with Gasteiger partial charge in [-0.3, -0.25) is 4.90 Å². The highest BCUT2D eigenvalue weighted by molar-refractivity contribution is 5.05. The van der Waals surface area contributed by atoms with Crippen LogP contribution < -0.4 is 0 Å². The molecule has 1 rings (SSSR count). The molecule has 0 aliphatic carbocycles. The van der Waals surface area contributed by atoms with Gasteiger partial charge in [-0.25, -0.2) is 4.98 Å². The Bertz CT molecular complexity index is 318. The zero-order valence-corrected chi connectivity index (χ0v) is 8.87. The molecular formula is C10H15N3O. The van der Waals surface area contributed by atoms with Crippen molar-refractivity contribution in [1.29, 1.82) is 5.26 Å². The molecule has 1 aromatic heterocycles. The van der Waals surface area contributed by atoms with E-state index in [4.69, 9.17) is 9.68 Å². The molecule has 0 unspecified atom stereocenters. The van der Waals surface area contributed by atoms with E-state index in [1.165, 1.54) is 0 Å². The maximum atomic E-state index is 8.41. The molecule has 0 fully saturated rings. The number of nitriles is 1. The number of aromatic nitrogens is 1. The molecule has 1 aromatic rings. The molecule has 4 nitrogen and oxygen atoms in total. The Balaban J connectivity index is 2.48. The van der Waals surface area contributed by atoms with Gasteiger partial charge in [0.2, 0.25) is 5.89 Å². The minimum absolute atomic E-state index is 0.537. The lowest BCUT2D eigenvalue weighted by Crippen LogP contribution is -2.18. The normalized spacial score (nSPS) is 10.5. The Kier molecular flexibility index (Phi) is 3.66. The van der Waals surface area contributed by atoms with Crippen LogP contribution in [0.1, 0.15) is 23.8 Å². The predicted octanol–water partition coefficient (Wildman–Crippen LogP) is 1.64. The van der Waals surface area contributed by atoms with E-state index in [2.05, 4.69) is 11.1 Å². The van der Waals surface area contributed by atoms with Crippen LogP contribution in [0.15, 0.2) is 4.42 Å². The quantitative estimate of drug-likeness (QED) is 0.729. The van der Waals surface area contributed by atoms with Gasteiger partial charge in [-0.15, -0.1) is 0 Å². The van der Waals surface area contributed by atoms with Crippen molar-refractivity contribution in [1.82, 2.24) is 9.88 Å². The average molecular weight is 193 g/mol. The third-order valence-electron chi connectivity index (χ3n) is 2.08. The first-order valence-corrected chi connectivity index (χ1v) is 4.62. The zero-order chi connectivity index (χ0) is 10.6. The molecule has 0 aromatic carbocycles. The first-order valence-electron chi connectivity index (χ1n) is 4.62. The molecule has 0 atom stereocenters. The summed E-state index contributed by atoms with van der Waals surface area (Å²) < 4.78 is 5.43. The number of nitrogens with zero attached hydrogens (tertiary/aromatic N) is 3. The minimum Gasteiger partial charge on any atom is -0.444 e. The molecule has 0 aliphatic heterocycles. The Morgan fingerprint density at radius 2 is 2.21 bits per heavy atom. The summed E-state index contributed by atoms with van der Waals surface area (Å²) in [5.41, 5.74) is 0.939. The molecule has 76 valence electrons. The van der Waals surface area contributed by atoms with E-state index >= 15 is 0 Å². The minimum atomic E-state index is 0.537. The van der Waals surface area contributed by atoms with E-state index in [0.29, 0.717) is 13.0 Å². The fourth-order valence-corrected chi connectivity index (χ4v) is 1.16. The molecule has 0 saturated heterocycles. The van der Waals surface area contributed by atoms with Crippen LogP contribution in [0.2, 0.25) is 0 Å². The largest absolute Gasteiger partial charge is 0.444 e. The third kappa shape index (κ3) is 2.86. The highest BCUT2D eigenvalue weighted by Crippen LogP contribution is 2.09. The maximum Gasteiger partial charge on any atom is 0.208 e. The maximum absolute atomic E-state index is 8.41. The van der Waals surface area contributed by atoms with Gasteiger partial charge in [-0.2, -0.15) is 5.26 Å². The van der Waals surface area contributed by atoms with Crippen LogP contribution in [0, 0.1) is 25.2 Å². The Hall–Kier alpha value is -1.34. The summed E-state index contributed by atoms with van der Waals surface area (Å²) in [6.07, 6.45) is 0.537. The number of aryl methyl sites for hydroxylation is 2. The number of hydrogen-bond donors (Lipinski definition) is 0. The lowest BCUT2D eigenvalue weighted by atomic mass is 10.4. The van der Waals surface area contributed by atoms with Crippen LogP contribution in [0.25, 0.3) is 0 Å². The second kappa shape index (κ2) is 4.77. The van der Waals surface area contributed by atoms with E-state index in [9.17, 15) is 0 Å². The number of oxazole rings is 1. The van der Waals surface area contributed by atoms with Crippen molar-refractivity contribution in [3.05, 3.63) is 17.3 Å². The van der Waals surface area contributed by atoms with Gasteiger partial charge in [0.15, 0.2) is 0 Å². The van der Waals surface area contributed by atoms with Crippen molar-refractivity contribution in [2.75, 3.05) is 13.6 Å². The summed E-state index contributed by atoms with van der Waals surface area (Å²) in [4.78, 5) is 6.29. The summed E-state index contributed by atoms with van der Waals surface area (Å²) in [7, 11) is 1.95. The molecule has 0 saturated carbocycles. The number of rotatable bonds is 4. The van der Waals surface area contributed by atoms with Crippen LogP contribution >= 0.6 is 0 Å². The summed E-state index contributed by atoms with van der Waals surface area (Å²) in [6, 6.07) is 2.11. The lowest BCUT2D eigenvalue weighted by molar-refractivity contribution is 0.291. The topological polar surface area (TPSA) is 53.1 Å². The van der Waals surface area contributed by atoms with E-state index < -0.39 is 0 Å². The highest BCUT2D eigenvalue weighted by atomic mass is 16.4. The molecule has 0 aliphatic rings. The highest BCUT2D eigenvalue weighted by Gasteiger charge is 2.07. The van der Waals surface area contributed by atoms with E-state index in [1.807, 2.05) is 25.8 Å². The predicted molar refractivity (Wildman–Crippen MR) is 52.5 cm³/mol. The molecule has 0 amide bonds. The summed E-state index contributed by atoms with van der Waals surface area (Å²) >= 11 is 0. The van der Waals surface area contributed by atoms with E-state index in [-0.39, 0.29) is 0 Å². The van der Waals surface area contributed by atoms with E-state index in [0.717, 1.165) is 23.9 Å². The lowest BCUT2D eigenvalue weighted by Gasteiger charge is -2.11. The van der Waals surface area contributed by atoms with Crippen molar-refractivity contribution >= 4 is 0 Å². The van der Waals surface area contributed by atoms with Gasteiger partial charge >= 0.3 is 0 Å². The zero-order valence-electron chi connectivity index (χ0n) is 8.87. The molecule has 1 heterocycles. The van der Waals surface area contributed by atoms with Crippen LogP contribution in [0.4, 0.5) is 0 Å². The first-order chi connectivity index (χ1) is 6.63. The van der Waals surface area contributed by atoms with Crippen molar-refractivity contribution in [3.63, 3.8) is 0 Å². The van der Waals surface area contributed by atoms with Gasteiger partial charge in [0.05, 0.1) is 18.3 Å². The second-order valence-corrected chi connectivity index (χ2v) is 3.40. The van der Waals surface area contributed by atoms with Crippen molar-refractivity contribution in [2.45, 2.75) is 26.8 Å². The molecule has 0 N–H and O–H groups in total. The van der Waals surface area contributed by atoms with Crippen molar-refractivity contribution < 1.29 is 4.42 Å². The fourth-order valence-electron chi connectivity index (χ4n) is 1.16. The van der Waals surface area contributed by atoms with Gasteiger partial charge in [0, 0.05) is 13.0 Å². The Labute approximate surface area is 84.2 Å². The third-order valence-corrected chi connectivity index (χ3v) is 2.08. The van der Waals surface area contributed by atoms with Gasteiger partial charge in [-0.1, -0.05) is 0 Å². The standard InChI is InChI=1S/C10H15N3O/c1-8-9(2)14-10(12-8)7-13(3)6-4-5-11/h4,6-7H2,1-3H3. The number of hydrogen-bond acceptors (Lipinski definition) is 4. The molecule has 4 heteroatoms. The average Bonchev–Trinajstić information content (AvgIpc) is 2.42. The smallest absolute Gasteiger partial charge is 0.208 e. The molecule has 0 spiro atoms. The SMILES string of the molecule is Cc1nc(CN(C)CCC#N)oc1C. The molecule has 0 radical (unpaired) electrons. The van der Waals surface area contributed by atoms with Crippen LogP contribution in [0.3, 0.4) is 0 Å². The monoisotopic (exact) mass is 193 g/mol. The summed E-state index contributed by atoms with van der Waals surface area (Å²) in [5.74, 6) is 1.59. The molecule has 0 bridgehead atoms. The van der Waals surface area contributed by atoms with E-state index in [1.54, 1.807) is 0 Å². The summed E-state index contributed by atoms with van der Waals surface area (Å²) in [6.45, 7) is 5.24. The molecule has 14 heavy (non-hydrogen) atoms. The first kappa shape index (κ1) is 10.7. The van der Waals surface area contributed by atoms with Crippen molar-refractivity contribution in [3.8, 4) is 6.07 Å². The summed E-state index contributed by atoms with van der Waals surface area (Å²) in [5, 5.41) is 8.41. The Morgan fingerprint density at radius 1 is 1.50 bits per heavy atom. The van der Waals surface area contributed by atoms with Crippen LogP contribution in [-0.2, 0) is 6.54 Å². The van der Waals surface area contributed by atoms with Gasteiger partial charge in [-0.05, 0) is 20.9 Å². The fraction of sp³-hybridized carbons (Fsp3) is 0.600.